The number of aromatic nitrogens is 3. The van der Waals surface area contributed by atoms with E-state index < -0.39 is 0 Å². The van der Waals surface area contributed by atoms with Gasteiger partial charge in [0.2, 0.25) is 0 Å². The molecule has 0 unspecified atom stereocenters. The molecular formula is C23H27BrFN5O. The topological polar surface area (TPSA) is 71.3 Å². The number of rotatable bonds is 6. The Morgan fingerprint density at radius 3 is 2.52 bits per heavy atom. The van der Waals surface area contributed by atoms with E-state index in [4.69, 9.17) is 0 Å². The molecule has 0 bridgehead atoms. The second kappa shape index (κ2) is 11.4. The molecule has 0 saturated heterocycles. The van der Waals surface area contributed by atoms with Gasteiger partial charge < -0.3 is 10.6 Å². The summed E-state index contributed by atoms with van der Waals surface area (Å²) in [5.74, 6) is 0.233. The van der Waals surface area contributed by atoms with Crippen molar-refractivity contribution in [2.45, 2.75) is 34.2 Å². The maximum absolute atomic E-state index is 14.1. The summed E-state index contributed by atoms with van der Waals surface area (Å²) in [6.45, 7) is 7.74. The number of halogens is 2. The molecule has 0 fully saturated rings. The first-order valence-electron chi connectivity index (χ1n) is 10.0. The SMILES string of the molecule is C/C=C\C(=C(/C)F)c1cc(NCc2ccc(C(=O)NC)cc2)n2ncc(Br)c2n1.CC. The maximum atomic E-state index is 14.1. The van der Waals surface area contributed by atoms with Gasteiger partial charge in [0.1, 0.15) is 11.6 Å². The van der Waals surface area contributed by atoms with Crippen molar-refractivity contribution in [3.8, 4) is 0 Å². The highest BCUT2D eigenvalue weighted by atomic mass is 79.9. The van der Waals surface area contributed by atoms with Crippen LogP contribution in [0.2, 0.25) is 0 Å². The number of anilines is 1. The third kappa shape index (κ3) is 5.79. The van der Waals surface area contributed by atoms with E-state index in [0.29, 0.717) is 39.3 Å². The number of nitrogens with zero attached hydrogens (tertiary/aromatic N) is 3. The molecule has 0 saturated carbocycles. The number of hydrogen-bond acceptors (Lipinski definition) is 4. The van der Waals surface area contributed by atoms with Crippen LogP contribution in [0.3, 0.4) is 0 Å². The Morgan fingerprint density at radius 2 is 1.94 bits per heavy atom. The first-order chi connectivity index (χ1) is 14.9. The summed E-state index contributed by atoms with van der Waals surface area (Å²) in [7, 11) is 1.60. The smallest absolute Gasteiger partial charge is 0.251 e. The van der Waals surface area contributed by atoms with Gasteiger partial charge in [-0.3, -0.25) is 4.79 Å². The van der Waals surface area contributed by atoms with Gasteiger partial charge >= 0.3 is 0 Å². The fraction of sp³-hybridized carbons (Fsp3) is 0.261. The van der Waals surface area contributed by atoms with Gasteiger partial charge in [-0.05, 0) is 47.5 Å². The summed E-state index contributed by atoms with van der Waals surface area (Å²) in [5.41, 5.74) is 3.10. The summed E-state index contributed by atoms with van der Waals surface area (Å²) in [6, 6.07) is 9.07. The molecular weight excluding hydrogens is 461 g/mol. The van der Waals surface area contributed by atoms with Crippen LogP contribution in [0.5, 0.6) is 0 Å². The monoisotopic (exact) mass is 487 g/mol. The predicted octanol–water partition coefficient (Wildman–Crippen LogP) is 5.77. The molecule has 0 aliphatic heterocycles. The molecule has 0 atom stereocenters. The molecule has 2 N–H and O–H groups in total. The van der Waals surface area contributed by atoms with Crippen LogP contribution in [0.4, 0.5) is 10.2 Å². The average molecular weight is 488 g/mol. The van der Waals surface area contributed by atoms with Crippen LogP contribution in [0.1, 0.15) is 49.3 Å². The lowest BCUT2D eigenvalue weighted by Gasteiger charge is -2.12. The van der Waals surface area contributed by atoms with Crippen molar-refractivity contribution in [3.63, 3.8) is 0 Å². The van der Waals surface area contributed by atoms with E-state index >= 15 is 0 Å². The average Bonchev–Trinajstić information content (AvgIpc) is 3.17. The molecule has 0 aliphatic rings. The number of amides is 1. The quantitative estimate of drug-likeness (QED) is 0.433. The minimum atomic E-state index is -0.314. The third-order valence-corrected chi connectivity index (χ3v) is 4.89. The lowest BCUT2D eigenvalue weighted by molar-refractivity contribution is 0.0963. The van der Waals surface area contributed by atoms with E-state index in [9.17, 15) is 9.18 Å². The zero-order valence-corrected chi connectivity index (χ0v) is 19.9. The molecule has 2 heterocycles. The van der Waals surface area contributed by atoms with Crippen molar-refractivity contribution < 1.29 is 9.18 Å². The van der Waals surface area contributed by atoms with Gasteiger partial charge in [0.15, 0.2) is 5.65 Å². The molecule has 2 aromatic heterocycles. The summed E-state index contributed by atoms with van der Waals surface area (Å²) in [6.07, 6.45) is 5.12. The second-order valence-corrected chi connectivity index (χ2v) is 7.19. The van der Waals surface area contributed by atoms with Gasteiger partial charge in [-0.25, -0.2) is 9.37 Å². The van der Waals surface area contributed by atoms with Gasteiger partial charge in [-0.2, -0.15) is 9.61 Å². The standard InChI is InChI=1S/C21H21BrFN5O.C2H6/c1-4-5-16(13(2)23)18-10-19(28-20(27-18)17(22)12-26-28)25-11-14-6-8-15(9-7-14)21(29)24-3;1-2/h4-10,12,25H,11H2,1-3H3,(H,24,29);1-2H3/b5-4-,16-13-;. The van der Waals surface area contributed by atoms with Crippen LogP contribution >= 0.6 is 15.9 Å². The number of allylic oxidation sites excluding steroid dienone is 4. The zero-order valence-electron chi connectivity index (χ0n) is 18.3. The fourth-order valence-electron chi connectivity index (χ4n) is 2.85. The molecule has 3 rings (SSSR count). The first-order valence-corrected chi connectivity index (χ1v) is 10.8. The van der Waals surface area contributed by atoms with Crippen LogP contribution in [0, 0.1) is 0 Å². The number of hydrogen-bond donors (Lipinski definition) is 2. The molecule has 0 aliphatic carbocycles. The summed E-state index contributed by atoms with van der Waals surface area (Å²) in [4.78, 5) is 16.2. The normalized spacial score (nSPS) is 11.7. The summed E-state index contributed by atoms with van der Waals surface area (Å²) >= 11 is 3.45. The highest BCUT2D eigenvalue weighted by Gasteiger charge is 2.13. The van der Waals surface area contributed by atoms with Crippen LogP contribution in [0.25, 0.3) is 11.2 Å². The minimum absolute atomic E-state index is 0.128. The summed E-state index contributed by atoms with van der Waals surface area (Å²) in [5, 5.41) is 10.3. The van der Waals surface area contributed by atoms with Crippen LogP contribution < -0.4 is 10.6 Å². The second-order valence-electron chi connectivity index (χ2n) is 6.33. The predicted molar refractivity (Wildman–Crippen MR) is 128 cm³/mol. The molecule has 164 valence electrons. The van der Waals surface area contributed by atoms with Crippen molar-refractivity contribution in [1.29, 1.82) is 0 Å². The highest BCUT2D eigenvalue weighted by Crippen LogP contribution is 2.26. The molecule has 8 heteroatoms. The number of carbonyl (C=O) groups is 1. The number of carbonyl (C=O) groups excluding carboxylic acids is 1. The van der Waals surface area contributed by atoms with E-state index in [1.165, 1.54) is 6.92 Å². The molecule has 31 heavy (non-hydrogen) atoms. The maximum Gasteiger partial charge on any atom is 0.251 e. The number of nitrogens with one attached hydrogen (secondary N) is 2. The largest absolute Gasteiger partial charge is 0.366 e. The molecule has 1 aromatic carbocycles. The summed E-state index contributed by atoms with van der Waals surface area (Å²) < 4.78 is 16.5. The zero-order chi connectivity index (χ0) is 23.0. The fourth-order valence-corrected chi connectivity index (χ4v) is 3.20. The Bertz CT molecular complexity index is 1100. The Balaban J connectivity index is 0.00000166. The lowest BCUT2D eigenvalue weighted by Crippen LogP contribution is -2.17. The van der Waals surface area contributed by atoms with E-state index in [0.717, 1.165) is 5.56 Å². The minimum Gasteiger partial charge on any atom is -0.366 e. The van der Waals surface area contributed by atoms with Crippen molar-refractivity contribution in [3.05, 3.63) is 75.8 Å². The van der Waals surface area contributed by atoms with E-state index in [1.54, 1.807) is 48.1 Å². The number of fused-ring (bicyclic) bond motifs is 1. The van der Waals surface area contributed by atoms with E-state index in [1.807, 2.05) is 32.9 Å². The highest BCUT2D eigenvalue weighted by molar-refractivity contribution is 9.10. The molecule has 0 spiro atoms. The van der Waals surface area contributed by atoms with Gasteiger partial charge in [0.25, 0.3) is 5.91 Å². The Hall–Kier alpha value is -3.00. The van der Waals surface area contributed by atoms with E-state index in [2.05, 4.69) is 36.6 Å². The Morgan fingerprint density at radius 1 is 1.26 bits per heavy atom. The van der Waals surface area contributed by atoms with Crippen molar-refractivity contribution in [1.82, 2.24) is 19.9 Å². The van der Waals surface area contributed by atoms with Crippen molar-refractivity contribution >= 4 is 38.9 Å². The number of benzene rings is 1. The van der Waals surface area contributed by atoms with E-state index in [-0.39, 0.29) is 11.7 Å². The van der Waals surface area contributed by atoms with Crippen molar-refractivity contribution in [2.75, 3.05) is 12.4 Å². The van der Waals surface area contributed by atoms with Gasteiger partial charge in [0.05, 0.1) is 16.4 Å². The van der Waals surface area contributed by atoms with Crippen LogP contribution in [-0.2, 0) is 6.54 Å². The third-order valence-electron chi connectivity index (χ3n) is 4.33. The molecule has 1 amide bonds. The Labute approximate surface area is 190 Å². The Kier molecular flexibility index (Phi) is 8.93. The van der Waals surface area contributed by atoms with Crippen molar-refractivity contribution in [2.24, 2.45) is 0 Å². The molecule has 6 nitrogen and oxygen atoms in total. The first kappa shape index (κ1) is 24.3. The van der Waals surface area contributed by atoms with Gasteiger partial charge in [-0.15, -0.1) is 0 Å². The molecule has 3 aromatic rings. The van der Waals surface area contributed by atoms with Crippen LogP contribution in [-0.4, -0.2) is 27.6 Å². The van der Waals surface area contributed by atoms with Gasteiger partial charge in [-0.1, -0.05) is 38.1 Å². The molecule has 0 radical (unpaired) electrons. The lowest BCUT2D eigenvalue weighted by atomic mass is 10.1. The van der Waals surface area contributed by atoms with Crippen LogP contribution in [0.15, 0.2) is 59.0 Å². The van der Waals surface area contributed by atoms with Gasteiger partial charge in [0, 0.05) is 30.8 Å².